The number of anilines is 1. The fourth-order valence-electron chi connectivity index (χ4n) is 2.82. The first-order valence-corrected chi connectivity index (χ1v) is 8.37. The second kappa shape index (κ2) is 8.23. The van der Waals surface area contributed by atoms with Crippen molar-refractivity contribution in [1.29, 1.82) is 0 Å². The van der Waals surface area contributed by atoms with E-state index in [4.69, 9.17) is 16.3 Å². The van der Waals surface area contributed by atoms with Crippen LogP contribution >= 0.6 is 11.6 Å². The number of alkyl halides is 3. The summed E-state index contributed by atoms with van der Waals surface area (Å²) in [6.07, 6.45) is -2.51. The van der Waals surface area contributed by atoms with Crippen molar-refractivity contribution in [3.63, 3.8) is 0 Å². The summed E-state index contributed by atoms with van der Waals surface area (Å²) in [5, 5.41) is 2.86. The van der Waals surface area contributed by atoms with Crippen LogP contribution in [0.3, 0.4) is 0 Å². The lowest BCUT2D eigenvalue weighted by atomic mass is 9.95. The molecule has 0 saturated carbocycles. The van der Waals surface area contributed by atoms with Crippen LogP contribution in [0.4, 0.5) is 19.0 Å². The van der Waals surface area contributed by atoms with E-state index >= 15 is 0 Å². The minimum Gasteiger partial charge on any atom is -0.383 e. The average molecular weight is 380 g/mol. The number of carbonyl (C=O) groups is 1. The summed E-state index contributed by atoms with van der Waals surface area (Å²) in [5.41, 5.74) is -0.873. The Morgan fingerprint density at radius 3 is 2.64 bits per heavy atom. The van der Waals surface area contributed by atoms with Crippen LogP contribution in [-0.2, 0) is 15.7 Å². The number of nitrogens with zero attached hydrogens (tertiary/aromatic N) is 2. The first-order chi connectivity index (χ1) is 11.7. The molecule has 0 aromatic carbocycles. The standard InChI is InChI=1S/C16H21ClF3N3O2/c1-10(9-25-2)22-15(24)11-3-5-23(6-4-11)14-13(17)7-12(8-21-14)16(18,19)20/h7-8,10-11H,3-6,9H2,1-2H3,(H,22,24)/t10-/m1/s1. The van der Waals surface area contributed by atoms with Gasteiger partial charge in [0.15, 0.2) is 0 Å². The van der Waals surface area contributed by atoms with Gasteiger partial charge >= 0.3 is 6.18 Å². The Hall–Kier alpha value is -1.54. The van der Waals surface area contributed by atoms with Gasteiger partial charge in [-0.25, -0.2) is 4.98 Å². The second-order valence-corrected chi connectivity index (χ2v) is 6.56. The van der Waals surface area contributed by atoms with E-state index in [1.165, 1.54) is 0 Å². The molecule has 0 unspecified atom stereocenters. The van der Waals surface area contributed by atoms with Gasteiger partial charge in [-0.3, -0.25) is 4.79 Å². The number of piperidine rings is 1. The first-order valence-electron chi connectivity index (χ1n) is 7.99. The molecule has 1 aliphatic heterocycles. The van der Waals surface area contributed by atoms with Crippen molar-refractivity contribution >= 4 is 23.3 Å². The van der Waals surface area contributed by atoms with Crippen LogP contribution in [0.2, 0.25) is 5.02 Å². The zero-order chi connectivity index (χ0) is 18.6. The highest BCUT2D eigenvalue weighted by Crippen LogP contribution is 2.34. The molecule has 2 heterocycles. The summed E-state index contributed by atoms with van der Waals surface area (Å²) in [4.78, 5) is 17.9. The van der Waals surface area contributed by atoms with Gasteiger partial charge in [0.2, 0.25) is 5.91 Å². The molecule has 1 atom stereocenters. The number of hydrogen-bond donors (Lipinski definition) is 1. The van der Waals surface area contributed by atoms with Crippen LogP contribution in [0.15, 0.2) is 12.3 Å². The number of ether oxygens (including phenoxy) is 1. The zero-order valence-electron chi connectivity index (χ0n) is 14.1. The third-order valence-corrected chi connectivity index (χ3v) is 4.40. The summed E-state index contributed by atoms with van der Waals surface area (Å²) in [6.45, 7) is 3.32. The Bertz CT molecular complexity index is 605. The molecule has 0 bridgehead atoms. The number of halogens is 4. The summed E-state index contributed by atoms with van der Waals surface area (Å²) >= 11 is 5.97. The number of rotatable bonds is 5. The molecular formula is C16H21ClF3N3O2. The van der Waals surface area contributed by atoms with Gasteiger partial charge < -0.3 is 15.0 Å². The maximum atomic E-state index is 12.7. The molecule has 1 N–H and O–H groups in total. The van der Waals surface area contributed by atoms with Crippen LogP contribution in [0.25, 0.3) is 0 Å². The van der Waals surface area contributed by atoms with Crippen LogP contribution in [0.1, 0.15) is 25.3 Å². The van der Waals surface area contributed by atoms with Crippen molar-refractivity contribution in [2.24, 2.45) is 5.92 Å². The minimum atomic E-state index is -4.47. The number of methoxy groups -OCH3 is 1. The van der Waals surface area contributed by atoms with Crippen molar-refractivity contribution in [2.75, 3.05) is 31.7 Å². The Kier molecular flexibility index (Phi) is 6.51. The van der Waals surface area contributed by atoms with E-state index in [2.05, 4.69) is 10.3 Å². The predicted octanol–water partition coefficient (Wildman–Crippen LogP) is 3.12. The smallest absolute Gasteiger partial charge is 0.383 e. The lowest BCUT2D eigenvalue weighted by Gasteiger charge is -2.33. The van der Waals surface area contributed by atoms with Gasteiger partial charge in [0.1, 0.15) is 5.82 Å². The van der Waals surface area contributed by atoms with Crippen LogP contribution in [0.5, 0.6) is 0 Å². The summed E-state index contributed by atoms with van der Waals surface area (Å²) in [5.74, 6) is 0.153. The van der Waals surface area contributed by atoms with Crippen molar-refractivity contribution in [3.05, 3.63) is 22.8 Å². The topological polar surface area (TPSA) is 54.5 Å². The van der Waals surface area contributed by atoms with Gasteiger partial charge in [0.25, 0.3) is 0 Å². The van der Waals surface area contributed by atoms with E-state index in [-0.39, 0.29) is 22.9 Å². The lowest BCUT2D eigenvalue weighted by molar-refractivity contribution is -0.137. The highest BCUT2D eigenvalue weighted by molar-refractivity contribution is 6.33. The minimum absolute atomic E-state index is 0.0318. The fraction of sp³-hybridized carbons (Fsp3) is 0.625. The van der Waals surface area contributed by atoms with Gasteiger partial charge in [0.05, 0.1) is 17.2 Å². The quantitative estimate of drug-likeness (QED) is 0.854. The summed E-state index contributed by atoms with van der Waals surface area (Å²) < 4.78 is 43.0. The van der Waals surface area contributed by atoms with Crippen LogP contribution in [-0.4, -0.2) is 43.7 Å². The molecule has 0 spiro atoms. The monoisotopic (exact) mass is 379 g/mol. The normalized spacial score (nSPS) is 17.4. The Labute approximate surface area is 149 Å². The van der Waals surface area contributed by atoms with Crippen LogP contribution in [0, 0.1) is 5.92 Å². The molecule has 0 aliphatic carbocycles. The molecule has 9 heteroatoms. The average Bonchev–Trinajstić information content (AvgIpc) is 2.54. The van der Waals surface area contributed by atoms with E-state index in [9.17, 15) is 18.0 Å². The Balaban J connectivity index is 1.95. The molecule has 2 rings (SSSR count). The van der Waals surface area contributed by atoms with Gasteiger partial charge in [-0.05, 0) is 25.8 Å². The maximum absolute atomic E-state index is 12.7. The molecule has 1 saturated heterocycles. The maximum Gasteiger partial charge on any atom is 0.417 e. The van der Waals surface area contributed by atoms with E-state index in [0.717, 1.165) is 12.3 Å². The number of pyridine rings is 1. The number of aromatic nitrogens is 1. The summed E-state index contributed by atoms with van der Waals surface area (Å²) in [7, 11) is 1.57. The molecule has 25 heavy (non-hydrogen) atoms. The van der Waals surface area contributed by atoms with Crippen molar-refractivity contribution in [2.45, 2.75) is 32.0 Å². The SMILES string of the molecule is COC[C@@H](C)NC(=O)C1CCN(c2ncc(C(F)(F)F)cc2Cl)CC1. The van der Waals surface area contributed by atoms with Gasteiger partial charge in [0, 0.05) is 38.4 Å². The lowest BCUT2D eigenvalue weighted by Crippen LogP contribution is -2.44. The van der Waals surface area contributed by atoms with Crippen LogP contribution < -0.4 is 10.2 Å². The molecule has 1 aliphatic rings. The fourth-order valence-corrected chi connectivity index (χ4v) is 3.11. The third-order valence-electron chi connectivity index (χ3n) is 4.12. The van der Waals surface area contributed by atoms with Gasteiger partial charge in [-0.2, -0.15) is 13.2 Å². The highest BCUT2D eigenvalue weighted by Gasteiger charge is 2.33. The number of nitrogens with one attached hydrogen (secondary N) is 1. The third kappa shape index (κ3) is 5.22. The zero-order valence-corrected chi connectivity index (χ0v) is 14.8. The molecule has 140 valence electrons. The summed E-state index contributed by atoms with van der Waals surface area (Å²) in [6, 6.07) is 0.816. The van der Waals surface area contributed by atoms with E-state index in [1.807, 2.05) is 11.8 Å². The molecule has 5 nitrogen and oxygen atoms in total. The largest absolute Gasteiger partial charge is 0.417 e. The van der Waals surface area contributed by atoms with E-state index < -0.39 is 11.7 Å². The predicted molar refractivity (Wildman–Crippen MR) is 88.7 cm³/mol. The number of carbonyl (C=O) groups excluding carboxylic acids is 1. The Morgan fingerprint density at radius 1 is 1.48 bits per heavy atom. The molecular weight excluding hydrogens is 359 g/mol. The highest BCUT2D eigenvalue weighted by atomic mass is 35.5. The first kappa shape index (κ1) is 19.8. The van der Waals surface area contributed by atoms with Crippen molar-refractivity contribution < 1.29 is 22.7 Å². The van der Waals surface area contributed by atoms with Crippen molar-refractivity contribution in [3.8, 4) is 0 Å². The number of hydrogen-bond acceptors (Lipinski definition) is 4. The van der Waals surface area contributed by atoms with E-state index in [0.29, 0.717) is 38.4 Å². The molecule has 1 aromatic heterocycles. The number of amides is 1. The molecule has 0 radical (unpaired) electrons. The van der Waals surface area contributed by atoms with E-state index in [1.54, 1.807) is 7.11 Å². The Morgan fingerprint density at radius 2 is 2.12 bits per heavy atom. The molecule has 1 fully saturated rings. The second-order valence-electron chi connectivity index (χ2n) is 6.15. The van der Waals surface area contributed by atoms with Gasteiger partial charge in [-0.15, -0.1) is 0 Å². The molecule has 1 aromatic rings. The van der Waals surface area contributed by atoms with Gasteiger partial charge in [-0.1, -0.05) is 11.6 Å². The van der Waals surface area contributed by atoms with Crippen molar-refractivity contribution in [1.82, 2.24) is 10.3 Å². The molecule has 1 amide bonds.